The molecule has 186 valence electrons. The van der Waals surface area contributed by atoms with Gasteiger partial charge in [0.2, 0.25) is 0 Å². The SMILES string of the molecule is C=O.COc1ccc(NC(=O)Nc2cc3c(N[C@@H]4CC[C@H](C)C4(C)C)c(C(N)=O)cnn3c2)cc1. The van der Waals surface area contributed by atoms with Gasteiger partial charge in [-0.25, -0.2) is 9.31 Å². The van der Waals surface area contributed by atoms with Crippen LogP contribution in [0.2, 0.25) is 0 Å². The van der Waals surface area contributed by atoms with E-state index in [1.807, 2.05) is 6.79 Å². The van der Waals surface area contributed by atoms with Gasteiger partial charge in [0.25, 0.3) is 5.91 Å². The zero-order valence-corrected chi connectivity index (χ0v) is 20.4. The molecule has 0 bridgehead atoms. The number of benzene rings is 1. The van der Waals surface area contributed by atoms with Crippen molar-refractivity contribution < 1.29 is 19.1 Å². The normalized spacial score (nSPS) is 18.3. The average molecular weight is 481 g/mol. The second kappa shape index (κ2) is 10.5. The van der Waals surface area contributed by atoms with E-state index in [2.05, 4.69) is 41.8 Å². The van der Waals surface area contributed by atoms with Crippen LogP contribution in [0.5, 0.6) is 5.75 Å². The molecule has 1 aliphatic carbocycles. The summed E-state index contributed by atoms with van der Waals surface area (Å²) in [5, 5.41) is 13.5. The van der Waals surface area contributed by atoms with Gasteiger partial charge >= 0.3 is 6.03 Å². The lowest BCUT2D eigenvalue weighted by atomic mass is 9.80. The van der Waals surface area contributed by atoms with E-state index in [1.165, 1.54) is 6.20 Å². The minimum absolute atomic E-state index is 0.0566. The Morgan fingerprint density at radius 2 is 1.80 bits per heavy atom. The molecule has 0 saturated heterocycles. The Balaban J connectivity index is 0.00000167. The Bertz CT molecular complexity index is 1200. The van der Waals surface area contributed by atoms with Crippen LogP contribution < -0.4 is 26.4 Å². The van der Waals surface area contributed by atoms with Gasteiger partial charge < -0.3 is 31.2 Å². The maximum Gasteiger partial charge on any atom is 0.323 e. The zero-order chi connectivity index (χ0) is 25.8. The van der Waals surface area contributed by atoms with Gasteiger partial charge in [-0.05, 0) is 54.5 Å². The molecule has 0 spiro atoms. The van der Waals surface area contributed by atoms with Crippen molar-refractivity contribution in [2.24, 2.45) is 17.1 Å². The molecule has 35 heavy (non-hydrogen) atoms. The van der Waals surface area contributed by atoms with E-state index in [9.17, 15) is 9.59 Å². The van der Waals surface area contributed by atoms with Crippen LogP contribution in [-0.2, 0) is 4.79 Å². The topological polar surface area (TPSA) is 140 Å². The number of nitrogens with one attached hydrogen (secondary N) is 3. The number of fused-ring (bicyclic) bond motifs is 1. The number of nitrogens with two attached hydrogens (primary N) is 1. The number of aromatic nitrogens is 2. The summed E-state index contributed by atoms with van der Waals surface area (Å²) in [5.74, 6) is 0.704. The van der Waals surface area contributed by atoms with Gasteiger partial charge in [0.1, 0.15) is 12.5 Å². The van der Waals surface area contributed by atoms with Crippen LogP contribution in [0.3, 0.4) is 0 Å². The number of urea groups is 1. The molecule has 10 heteroatoms. The Hall–Kier alpha value is -4.08. The van der Waals surface area contributed by atoms with Gasteiger partial charge in [-0.2, -0.15) is 5.10 Å². The summed E-state index contributed by atoms with van der Waals surface area (Å²) < 4.78 is 6.76. The molecule has 1 aromatic carbocycles. The molecule has 3 aromatic rings. The predicted molar refractivity (Wildman–Crippen MR) is 136 cm³/mol. The third kappa shape index (κ3) is 5.37. The third-order valence-corrected chi connectivity index (χ3v) is 6.88. The molecule has 4 rings (SSSR count). The highest BCUT2D eigenvalue weighted by Gasteiger charge is 2.41. The van der Waals surface area contributed by atoms with Crippen LogP contribution in [-0.4, -0.2) is 41.5 Å². The molecular weight excluding hydrogens is 448 g/mol. The smallest absolute Gasteiger partial charge is 0.323 e. The fourth-order valence-corrected chi connectivity index (χ4v) is 4.37. The zero-order valence-electron chi connectivity index (χ0n) is 20.4. The number of hydrogen-bond donors (Lipinski definition) is 4. The number of hydrogen-bond acceptors (Lipinski definition) is 6. The van der Waals surface area contributed by atoms with E-state index in [4.69, 9.17) is 15.3 Å². The van der Waals surface area contributed by atoms with Crippen LogP contribution >= 0.6 is 0 Å². The molecule has 0 aliphatic heterocycles. The lowest BCUT2D eigenvalue weighted by molar-refractivity contribution is -0.0980. The highest BCUT2D eigenvalue weighted by molar-refractivity contribution is 6.04. The Morgan fingerprint density at radius 3 is 2.37 bits per heavy atom. The monoisotopic (exact) mass is 480 g/mol. The number of primary amides is 1. The Kier molecular flexibility index (Phi) is 7.63. The van der Waals surface area contributed by atoms with Crippen molar-refractivity contribution in [3.05, 3.63) is 48.3 Å². The number of nitrogens with zero attached hydrogens (tertiary/aromatic N) is 2. The molecule has 1 fully saturated rings. The van der Waals surface area contributed by atoms with Gasteiger partial charge in [-0.1, -0.05) is 20.8 Å². The van der Waals surface area contributed by atoms with Crippen molar-refractivity contribution in [3.8, 4) is 5.75 Å². The molecule has 0 unspecified atom stereocenters. The number of anilines is 3. The number of methoxy groups -OCH3 is 1. The van der Waals surface area contributed by atoms with Crippen LogP contribution in [0.4, 0.5) is 21.9 Å². The Labute approximate surface area is 204 Å². The molecule has 10 nitrogen and oxygen atoms in total. The van der Waals surface area contributed by atoms with Crippen LogP contribution in [0.25, 0.3) is 5.52 Å². The first-order valence-electron chi connectivity index (χ1n) is 11.3. The minimum Gasteiger partial charge on any atom is -0.497 e. The van der Waals surface area contributed by atoms with E-state index in [1.54, 1.807) is 48.2 Å². The fourth-order valence-electron chi connectivity index (χ4n) is 4.37. The van der Waals surface area contributed by atoms with Crippen molar-refractivity contribution in [2.45, 2.75) is 39.7 Å². The summed E-state index contributed by atoms with van der Waals surface area (Å²) in [7, 11) is 1.59. The lowest BCUT2D eigenvalue weighted by Gasteiger charge is -2.33. The molecule has 5 N–H and O–H groups in total. The number of carbonyl (C=O) groups is 3. The van der Waals surface area contributed by atoms with Crippen LogP contribution in [0.1, 0.15) is 44.0 Å². The van der Waals surface area contributed by atoms with Gasteiger partial charge in [0, 0.05) is 11.7 Å². The summed E-state index contributed by atoms with van der Waals surface area (Å²) in [6.45, 7) is 8.72. The third-order valence-electron chi connectivity index (χ3n) is 6.88. The van der Waals surface area contributed by atoms with E-state index < -0.39 is 11.9 Å². The van der Waals surface area contributed by atoms with Crippen molar-refractivity contribution in [1.29, 1.82) is 0 Å². The van der Waals surface area contributed by atoms with Crippen molar-refractivity contribution in [3.63, 3.8) is 0 Å². The standard InChI is InChI=1S/C24H30N6O3.CH2O/c1-14-5-10-20(24(14,2)3)29-21-18(22(25)31)12-26-30-13-16(11-19(21)30)28-23(32)27-15-6-8-17(33-4)9-7-15;1-2/h6-9,11-14,20,29H,5,10H2,1-4H3,(H2,25,31)(H2,27,28,32);1H2/t14-,20+;/m0./s1. The van der Waals surface area contributed by atoms with Gasteiger partial charge in [-0.15, -0.1) is 0 Å². The summed E-state index contributed by atoms with van der Waals surface area (Å²) in [4.78, 5) is 32.6. The molecule has 2 heterocycles. The molecule has 1 saturated carbocycles. The molecule has 0 radical (unpaired) electrons. The second-order valence-electron chi connectivity index (χ2n) is 9.16. The average Bonchev–Trinajstić information content (AvgIpc) is 3.35. The number of carbonyl (C=O) groups excluding carboxylic acids is 3. The van der Waals surface area contributed by atoms with Crippen molar-refractivity contribution in [2.75, 3.05) is 23.1 Å². The summed E-state index contributed by atoms with van der Waals surface area (Å²) >= 11 is 0. The Morgan fingerprint density at radius 1 is 1.14 bits per heavy atom. The van der Waals surface area contributed by atoms with Gasteiger partial charge in [0.15, 0.2) is 0 Å². The first kappa shape index (κ1) is 25.5. The number of rotatable bonds is 6. The van der Waals surface area contributed by atoms with Crippen LogP contribution in [0, 0.1) is 11.3 Å². The molecular formula is C25H32N6O4. The van der Waals surface area contributed by atoms with Gasteiger partial charge in [0.05, 0.1) is 42.0 Å². The predicted octanol–water partition coefficient (Wildman–Crippen LogP) is 4.14. The second-order valence-corrected chi connectivity index (χ2v) is 9.16. The highest BCUT2D eigenvalue weighted by Crippen LogP contribution is 2.44. The molecule has 2 atom stereocenters. The largest absolute Gasteiger partial charge is 0.497 e. The molecule has 1 aliphatic rings. The maximum atomic E-state index is 12.5. The maximum absolute atomic E-state index is 12.5. The van der Waals surface area contributed by atoms with E-state index >= 15 is 0 Å². The van der Waals surface area contributed by atoms with E-state index in [0.29, 0.717) is 39.8 Å². The summed E-state index contributed by atoms with van der Waals surface area (Å²) in [6, 6.07) is 8.60. The quantitative estimate of drug-likeness (QED) is 0.418. The van der Waals surface area contributed by atoms with Crippen LogP contribution in [0.15, 0.2) is 42.7 Å². The fraction of sp³-hybridized carbons (Fsp3) is 0.360. The minimum atomic E-state index is -0.552. The summed E-state index contributed by atoms with van der Waals surface area (Å²) in [5.41, 5.74) is 8.50. The first-order chi connectivity index (χ1) is 16.7. The van der Waals surface area contributed by atoms with Crippen molar-refractivity contribution in [1.82, 2.24) is 9.61 Å². The number of ether oxygens (including phenoxy) is 1. The number of amides is 3. The summed E-state index contributed by atoms with van der Waals surface area (Å²) in [6.07, 6.45) is 5.26. The van der Waals surface area contributed by atoms with Crippen molar-refractivity contribution >= 4 is 41.3 Å². The van der Waals surface area contributed by atoms with E-state index in [-0.39, 0.29) is 11.5 Å². The van der Waals surface area contributed by atoms with Gasteiger partial charge in [-0.3, -0.25) is 4.79 Å². The van der Waals surface area contributed by atoms with E-state index in [0.717, 1.165) is 12.8 Å². The molecule has 2 aromatic heterocycles. The molecule has 3 amide bonds. The lowest BCUT2D eigenvalue weighted by Crippen LogP contribution is -2.35. The first-order valence-corrected chi connectivity index (χ1v) is 11.3. The highest BCUT2D eigenvalue weighted by atomic mass is 16.5.